The molecule has 2 rings (SSSR count). The van der Waals surface area contributed by atoms with Gasteiger partial charge in [0.15, 0.2) is 0 Å². The Hall–Kier alpha value is 0.0700. The molecule has 0 aromatic carbocycles. The average Bonchev–Trinajstić information content (AvgIpc) is 2.78. The molecule has 1 fully saturated rings. The quantitative estimate of drug-likeness (QED) is 0.873. The third-order valence-electron chi connectivity index (χ3n) is 3.13. The fraction of sp³-hybridized carbons (Fsp3) is 0.692. The van der Waals surface area contributed by atoms with Gasteiger partial charge in [0.2, 0.25) is 0 Å². The summed E-state index contributed by atoms with van der Waals surface area (Å²) in [6.07, 6.45) is 6.93. The van der Waals surface area contributed by atoms with Crippen LogP contribution >= 0.6 is 27.7 Å². The van der Waals surface area contributed by atoms with Crippen molar-refractivity contribution in [1.82, 2.24) is 5.32 Å². The number of thioether (sulfide) groups is 1. The van der Waals surface area contributed by atoms with Crippen molar-refractivity contribution in [2.75, 3.05) is 12.3 Å². The van der Waals surface area contributed by atoms with E-state index in [9.17, 15) is 0 Å². The third-order valence-corrected chi connectivity index (χ3v) is 5.24. The molecule has 1 aromatic rings. The van der Waals surface area contributed by atoms with Crippen LogP contribution in [0, 0.1) is 0 Å². The van der Waals surface area contributed by atoms with Crippen molar-refractivity contribution in [3.8, 4) is 0 Å². The molecule has 2 heterocycles. The molecule has 1 N–H and O–H groups in total. The number of hydrogen-bond acceptors (Lipinski definition) is 3. The van der Waals surface area contributed by atoms with E-state index >= 15 is 0 Å². The molecule has 1 aliphatic rings. The summed E-state index contributed by atoms with van der Waals surface area (Å²) in [5.74, 6) is 2.35. The second-order valence-electron chi connectivity index (χ2n) is 4.47. The van der Waals surface area contributed by atoms with Gasteiger partial charge in [0, 0.05) is 5.25 Å². The highest BCUT2D eigenvalue weighted by Gasteiger charge is 2.28. The summed E-state index contributed by atoms with van der Waals surface area (Å²) in [6, 6.07) is 2.34. The molecule has 0 amide bonds. The Morgan fingerprint density at radius 1 is 1.59 bits per heavy atom. The Labute approximate surface area is 116 Å². The van der Waals surface area contributed by atoms with E-state index in [2.05, 4.69) is 39.9 Å². The van der Waals surface area contributed by atoms with Crippen LogP contribution < -0.4 is 5.32 Å². The van der Waals surface area contributed by atoms with Gasteiger partial charge in [0.25, 0.3) is 0 Å². The van der Waals surface area contributed by atoms with Crippen molar-refractivity contribution in [3.63, 3.8) is 0 Å². The molecule has 0 radical (unpaired) electrons. The molecular weight excluding hydrogens is 298 g/mol. The molecule has 4 heteroatoms. The van der Waals surface area contributed by atoms with Crippen LogP contribution in [0.1, 0.15) is 44.4 Å². The number of hydrogen-bond donors (Lipinski definition) is 1. The summed E-state index contributed by atoms with van der Waals surface area (Å²) in [5.41, 5.74) is 0. The monoisotopic (exact) mass is 317 g/mol. The predicted molar refractivity (Wildman–Crippen MR) is 77.5 cm³/mol. The highest BCUT2D eigenvalue weighted by molar-refractivity contribution is 9.10. The molecule has 1 saturated heterocycles. The fourth-order valence-electron chi connectivity index (χ4n) is 2.25. The summed E-state index contributed by atoms with van der Waals surface area (Å²) in [5, 5.41) is 4.29. The van der Waals surface area contributed by atoms with Gasteiger partial charge in [-0.1, -0.05) is 13.3 Å². The SMILES string of the molecule is CCCNC(c1occc1Br)C1CCCCS1. The topological polar surface area (TPSA) is 25.2 Å². The van der Waals surface area contributed by atoms with E-state index in [-0.39, 0.29) is 0 Å². The van der Waals surface area contributed by atoms with Gasteiger partial charge in [-0.25, -0.2) is 0 Å². The van der Waals surface area contributed by atoms with E-state index in [1.807, 2.05) is 6.07 Å². The number of halogens is 1. The van der Waals surface area contributed by atoms with E-state index in [1.165, 1.54) is 25.0 Å². The van der Waals surface area contributed by atoms with Crippen molar-refractivity contribution in [3.05, 3.63) is 22.6 Å². The molecule has 2 atom stereocenters. The lowest BCUT2D eigenvalue weighted by atomic mass is 10.0. The highest BCUT2D eigenvalue weighted by atomic mass is 79.9. The maximum Gasteiger partial charge on any atom is 0.135 e. The van der Waals surface area contributed by atoms with Gasteiger partial charge in [0.1, 0.15) is 5.76 Å². The van der Waals surface area contributed by atoms with E-state index < -0.39 is 0 Å². The summed E-state index contributed by atoms with van der Waals surface area (Å²) in [7, 11) is 0. The molecule has 17 heavy (non-hydrogen) atoms. The van der Waals surface area contributed by atoms with Gasteiger partial charge in [-0.2, -0.15) is 11.8 Å². The first-order valence-corrected chi connectivity index (χ1v) is 8.25. The fourth-order valence-corrected chi connectivity index (χ4v) is 4.12. The van der Waals surface area contributed by atoms with E-state index in [0.29, 0.717) is 11.3 Å². The molecule has 0 aliphatic carbocycles. The molecule has 1 aliphatic heterocycles. The van der Waals surface area contributed by atoms with Crippen molar-refractivity contribution < 1.29 is 4.42 Å². The lowest BCUT2D eigenvalue weighted by Gasteiger charge is -2.29. The standard InChI is InChI=1S/C13H20BrNOS/c1-2-7-15-12(11-5-3-4-9-17-11)13-10(14)6-8-16-13/h6,8,11-12,15H,2-5,7,9H2,1H3. The van der Waals surface area contributed by atoms with E-state index in [4.69, 9.17) is 4.42 Å². The lowest BCUT2D eigenvalue weighted by Crippen LogP contribution is -2.32. The van der Waals surface area contributed by atoms with Crippen molar-refractivity contribution in [1.29, 1.82) is 0 Å². The minimum Gasteiger partial charge on any atom is -0.466 e. The smallest absolute Gasteiger partial charge is 0.135 e. The first-order chi connectivity index (χ1) is 8.33. The van der Waals surface area contributed by atoms with Gasteiger partial charge in [0.05, 0.1) is 16.8 Å². The van der Waals surface area contributed by atoms with Gasteiger partial charge in [-0.05, 0) is 53.6 Å². The van der Waals surface area contributed by atoms with Crippen LogP contribution in [0.5, 0.6) is 0 Å². The van der Waals surface area contributed by atoms with E-state index in [1.54, 1.807) is 6.26 Å². The maximum atomic E-state index is 5.65. The van der Waals surface area contributed by atoms with Gasteiger partial charge >= 0.3 is 0 Å². The Bertz CT molecular complexity index is 336. The highest BCUT2D eigenvalue weighted by Crippen LogP contribution is 2.37. The van der Waals surface area contributed by atoms with Gasteiger partial charge < -0.3 is 9.73 Å². The molecule has 0 spiro atoms. The van der Waals surface area contributed by atoms with Crippen molar-refractivity contribution >= 4 is 27.7 Å². The maximum absolute atomic E-state index is 5.65. The number of nitrogens with one attached hydrogen (secondary N) is 1. The Morgan fingerprint density at radius 3 is 3.06 bits per heavy atom. The first kappa shape index (κ1) is 13.5. The molecular formula is C13H20BrNOS. The molecule has 0 bridgehead atoms. The summed E-state index contributed by atoms with van der Waals surface area (Å²) >= 11 is 5.67. The predicted octanol–water partition coefficient (Wildman–Crippen LogP) is 4.37. The van der Waals surface area contributed by atoms with Gasteiger partial charge in [-0.15, -0.1) is 0 Å². The second-order valence-corrected chi connectivity index (χ2v) is 6.67. The van der Waals surface area contributed by atoms with Crippen LogP contribution in [-0.4, -0.2) is 17.5 Å². The van der Waals surface area contributed by atoms with E-state index in [0.717, 1.165) is 23.2 Å². The van der Waals surface area contributed by atoms with Gasteiger partial charge in [-0.3, -0.25) is 0 Å². The van der Waals surface area contributed by atoms with Crippen LogP contribution in [0.25, 0.3) is 0 Å². The summed E-state index contributed by atoms with van der Waals surface area (Å²) in [6.45, 7) is 3.25. The lowest BCUT2D eigenvalue weighted by molar-refractivity contribution is 0.388. The number of furan rings is 1. The Morgan fingerprint density at radius 2 is 2.47 bits per heavy atom. The molecule has 96 valence electrons. The Balaban J connectivity index is 2.09. The molecule has 2 unspecified atom stereocenters. The third kappa shape index (κ3) is 3.52. The zero-order valence-corrected chi connectivity index (χ0v) is 12.6. The minimum absolute atomic E-state index is 0.352. The zero-order valence-electron chi connectivity index (χ0n) is 10.2. The molecule has 0 saturated carbocycles. The largest absolute Gasteiger partial charge is 0.466 e. The average molecular weight is 318 g/mol. The second kappa shape index (κ2) is 6.86. The first-order valence-electron chi connectivity index (χ1n) is 6.40. The van der Waals surface area contributed by atoms with Crippen LogP contribution in [-0.2, 0) is 0 Å². The summed E-state index contributed by atoms with van der Waals surface area (Å²) < 4.78 is 6.75. The zero-order chi connectivity index (χ0) is 12.1. The minimum atomic E-state index is 0.352. The summed E-state index contributed by atoms with van der Waals surface area (Å²) in [4.78, 5) is 0. The van der Waals surface area contributed by atoms with Crippen LogP contribution in [0.4, 0.5) is 0 Å². The Kier molecular flexibility index (Phi) is 5.45. The van der Waals surface area contributed by atoms with Crippen LogP contribution in [0.3, 0.4) is 0 Å². The normalized spacial score (nSPS) is 22.6. The number of rotatable bonds is 5. The molecule has 2 nitrogen and oxygen atoms in total. The van der Waals surface area contributed by atoms with Crippen molar-refractivity contribution in [2.24, 2.45) is 0 Å². The van der Waals surface area contributed by atoms with Crippen molar-refractivity contribution in [2.45, 2.75) is 43.9 Å². The van der Waals surface area contributed by atoms with Crippen LogP contribution in [0.2, 0.25) is 0 Å². The molecule has 1 aromatic heterocycles. The van der Waals surface area contributed by atoms with Crippen LogP contribution in [0.15, 0.2) is 21.2 Å².